The molecule has 0 aliphatic carbocycles. The van der Waals surface area contributed by atoms with Gasteiger partial charge < -0.3 is 14.6 Å². The number of nitrogens with one attached hydrogen (secondary N) is 1. The zero-order valence-corrected chi connectivity index (χ0v) is 15.1. The molecule has 2 bridgehead atoms. The van der Waals surface area contributed by atoms with Crippen molar-refractivity contribution in [3.05, 3.63) is 47.7 Å². The first-order valence-electron chi connectivity index (χ1n) is 9.46. The molecule has 0 spiro atoms. The maximum atomic E-state index is 13.1. The predicted molar refractivity (Wildman–Crippen MR) is 100 cm³/mol. The van der Waals surface area contributed by atoms with Gasteiger partial charge in [-0.3, -0.25) is 4.79 Å². The van der Waals surface area contributed by atoms with Gasteiger partial charge in [0.25, 0.3) is 11.6 Å². The minimum atomic E-state index is -0.0998. The Morgan fingerprint density at radius 1 is 1.15 bits per heavy atom. The van der Waals surface area contributed by atoms with E-state index in [4.69, 9.17) is 9.26 Å². The molecule has 0 radical (unpaired) electrons. The highest BCUT2D eigenvalue weighted by Crippen LogP contribution is 2.33. The minimum Gasteiger partial charge on any atom is -0.375 e. The zero-order chi connectivity index (χ0) is 18.4. The smallest absolute Gasteiger partial charge is 0.259 e. The van der Waals surface area contributed by atoms with Crippen molar-refractivity contribution in [2.24, 2.45) is 0 Å². The lowest BCUT2D eigenvalue weighted by Gasteiger charge is -2.29. The molecule has 2 aliphatic rings. The third-order valence-corrected chi connectivity index (χ3v) is 5.56. The Morgan fingerprint density at radius 2 is 1.89 bits per heavy atom. The lowest BCUT2D eigenvalue weighted by atomic mass is 10.0. The van der Waals surface area contributed by atoms with Crippen LogP contribution in [0.2, 0.25) is 0 Å². The number of rotatable bonds is 3. The van der Waals surface area contributed by atoms with Crippen LogP contribution in [0.3, 0.4) is 0 Å². The molecule has 5 rings (SSSR count). The summed E-state index contributed by atoms with van der Waals surface area (Å²) in [5.74, 6) is -0.0998. The van der Waals surface area contributed by atoms with Crippen molar-refractivity contribution in [1.82, 2.24) is 15.5 Å². The number of pyridine rings is 1. The molecule has 0 saturated carbocycles. The van der Waals surface area contributed by atoms with Gasteiger partial charge in [0.05, 0.1) is 34.5 Å². The molecular formula is C21H21N3O3. The lowest BCUT2D eigenvalue weighted by Crippen LogP contribution is -2.42. The van der Waals surface area contributed by atoms with E-state index in [0.717, 1.165) is 31.2 Å². The van der Waals surface area contributed by atoms with Gasteiger partial charge in [0.1, 0.15) is 0 Å². The van der Waals surface area contributed by atoms with Crippen LogP contribution in [0.4, 0.5) is 0 Å². The summed E-state index contributed by atoms with van der Waals surface area (Å²) in [6.07, 6.45) is 4.51. The van der Waals surface area contributed by atoms with E-state index in [0.29, 0.717) is 28.1 Å². The average Bonchev–Trinajstić information content (AvgIpc) is 3.23. The standard InChI is InChI=1S/C21H21N3O3/c1-12-19-17(20(25)22-14-9-15-7-8-16(10-14)26-15)11-18(23-21(19)27-24-12)13-5-3-2-4-6-13/h2-6,11,14-16H,7-10H2,1H3,(H,22,25). The maximum Gasteiger partial charge on any atom is 0.259 e. The van der Waals surface area contributed by atoms with Crippen LogP contribution in [0.5, 0.6) is 0 Å². The Balaban J connectivity index is 1.51. The van der Waals surface area contributed by atoms with Gasteiger partial charge in [-0.05, 0) is 38.7 Å². The summed E-state index contributed by atoms with van der Waals surface area (Å²) in [7, 11) is 0. The van der Waals surface area contributed by atoms with Crippen LogP contribution in [0, 0.1) is 6.92 Å². The molecule has 1 N–H and O–H groups in total. The summed E-state index contributed by atoms with van der Waals surface area (Å²) in [5, 5.41) is 7.91. The number of fused-ring (bicyclic) bond motifs is 3. The van der Waals surface area contributed by atoms with Gasteiger partial charge in [-0.1, -0.05) is 35.5 Å². The third kappa shape index (κ3) is 3.00. The Hall–Kier alpha value is -2.73. The average molecular weight is 363 g/mol. The first-order valence-corrected chi connectivity index (χ1v) is 9.46. The molecular weight excluding hydrogens is 342 g/mol. The van der Waals surface area contributed by atoms with Crippen LogP contribution in [0.15, 0.2) is 40.9 Å². The summed E-state index contributed by atoms with van der Waals surface area (Å²) in [6.45, 7) is 1.83. The quantitative estimate of drug-likeness (QED) is 0.769. The van der Waals surface area contributed by atoms with E-state index in [1.54, 1.807) is 0 Å². The van der Waals surface area contributed by atoms with Gasteiger partial charge in [-0.2, -0.15) is 0 Å². The SMILES string of the molecule is Cc1noc2nc(-c3ccccc3)cc(C(=O)NC3CC4CCC(C3)O4)c12. The molecule has 6 heteroatoms. The van der Waals surface area contributed by atoms with Gasteiger partial charge in [0, 0.05) is 11.6 Å². The number of benzene rings is 1. The number of aryl methyl sites for hydroxylation is 1. The van der Waals surface area contributed by atoms with Crippen LogP contribution in [-0.4, -0.2) is 34.3 Å². The highest BCUT2D eigenvalue weighted by atomic mass is 16.5. The maximum absolute atomic E-state index is 13.1. The van der Waals surface area contributed by atoms with Gasteiger partial charge in [-0.15, -0.1) is 0 Å². The molecule has 2 fully saturated rings. The van der Waals surface area contributed by atoms with Gasteiger partial charge in [0.15, 0.2) is 0 Å². The van der Waals surface area contributed by atoms with Crippen molar-refractivity contribution in [3.8, 4) is 11.3 Å². The number of amides is 1. The summed E-state index contributed by atoms with van der Waals surface area (Å²) < 4.78 is 11.3. The van der Waals surface area contributed by atoms with Crippen LogP contribution in [-0.2, 0) is 4.74 Å². The summed E-state index contributed by atoms with van der Waals surface area (Å²) >= 11 is 0. The van der Waals surface area contributed by atoms with Crippen molar-refractivity contribution >= 4 is 17.0 Å². The molecule has 4 heterocycles. The third-order valence-electron chi connectivity index (χ3n) is 5.56. The molecule has 2 unspecified atom stereocenters. The van der Waals surface area contributed by atoms with Gasteiger partial charge >= 0.3 is 0 Å². The molecule has 138 valence electrons. The van der Waals surface area contributed by atoms with Crippen LogP contribution < -0.4 is 5.32 Å². The number of aromatic nitrogens is 2. The second kappa shape index (κ2) is 6.46. The normalized spacial score (nSPS) is 24.3. The van der Waals surface area contributed by atoms with Crippen molar-refractivity contribution in [1.29, 1.82) is 0 Å². The molecule has 3 aromatic rings. The predicted octanol–water partition coefficient (Wildman–Crippen LogP) is 3.64. The number of ether oxygens (including phenoxy) is 1. The minimum absolute atomic E-state index is 0.0998. The highest BCUT2D eigenvalue weighted by Gasteiger charge is 2.36. The Kier molecular flexibility index (Phi) is 3.93. The van der Waals surface area contributed by atoms with Crippen molar-refractivity contribution < 1.29 is 14.1 Å². The number of hydrogen-bond acceptors (Lipinski definition) is 5. The number of carbonyl (C=O) groups excluding carboxylic acids is 1. The molecule has 1 aromatic carbocycles. The zero-order valence-electron chi connectivity index (χ0n) is 15.1. The topological polar surface area (TPSA) is 77.2 Å². The first-order chi connectivity index (χ1) is 13.2. The molecule has 6 nitrogen and oxygen atoms in total. The lowest BCUT2D eigenvalue weighted by molar-refractivity contribution is -0.00773. The van der Waals surface area contributed by atoms with Crippen LogP contribution >= 0.6 is 0 Å². The van der Waals surface area contributed by atoms with E-state index < -0.39 is 0 Å². The number of carbonyl (C=O) groups is 1. The van der Waals surface area contributed by atoms with Crippen LogP contribution in [0.25, 0.3) is 22.4 Å². The molecule has 27 heavy (non-hydrogen) atoms. The van der Waals surface area contributed by atoms with E-state index >= 15 is 0 Å². The van der Waals surface area contributed by atoms with Gasteiger partial charge in [0.2, 0.25) is 0 Å². The molecule has 1 amide bonds. The van der Waals surface area contributed by atoms with E-state index in [1.165, 1.54) is 0 Å². The molecule has 2 saturated heterocycles. The van der Waals surface area contributed by atoms with Crippen LogP contribution in [0.1, 0.15) is 41.7 Å². The fraction of sp³-hybridized carbons (Fsp3) is 0.381. The monoisotopic (exact) mass is 363 g/mol. The molecule has 2 aliphatic heterocycles. The largest absolute Gasteiger partial charge is 0.375 e. The summed E-state index contributed by atoms with van der Waals surface area (Å²) in [6, 6.07) is 11.8. The van der Waals surface area contributed by atoms with Crippen molar-refractivity contribution in [2.75, 3.05) is 0 Å². The van der Waals surface area contributed by atoms with E-state index in [2.05, 4.69) is 15.5 Å². The van der Waals surface area contributed by atoms with Crippen molar-refractivity contribution in [3.63, 3.8) is 0 Å². The second-order valence-electron chi connectivity index (χ2n) is 7.47. The summed E-state index contributed by atoms with van der Waals surface area (Å²) in [5.41, 5.74) is 3.28. The van der Waals surface area contributed by atoms with E-state index in [-0.39, 0.29) is 24.2 Å². The first kappa shape index (κ1) is 16.4. The van der Waals surface area contributed by atoms with Gasteiger partial charge in [-0.25, -0.2) is 4.98 Å². The van der Waals surface area contributed by atoms with E-state index in [1.807, 2.05) is 43.3 Å². The molecule has 2 aromatic heterocycles. The summed E-state index contributed by atoms with van der Waals surface area (Å²) in [4.78, 5) is 17.7. The fourth-order valence-corrected chi connectivity index (χ4v) is 4.27. The Labute approximate surface area is 156 Å². The highest BCUT2D eigenvalue weighted by molar-refractivity contribution is 6.07. The van der Waals surface area contributed by atoms with E-state index in [9.17, 15) is 4.79 Å². The number of nitrogens with zero attached hydrogens (tertiary/aromatic N) is 2. The number of hydrogen-bond donors (Lipinski definition) is 1. The second-order valence-corrected chi connectivity index (χ2v) is 7.47. The Morgan fingerprint density at radius 3 is 2.63 bits per heavy atom. The fourth-order valence-electron chi connectivity index (χ4n) is 4.27. The van der Waals surface area contributed by atoms with Crippen molar-refractivity contribution in [2.45, 2.75) is 50.9 Å². The molecule has 2 atom stereocenters. The Bertz CT molecular complexity index is 987.